The molecule has 2 rings (SSSR count). The van der Waals surface area contributed by atoms with Gasteiger partial charge in [-0.1, -0.05) is 18.2 Å². The van der Waals surface area contributed by atoms with Gasteiger partial charge in [0, 0.05) is 0 Å². The van der Waals surface area contributed by atoms with Crippen LogP contribution in [-0.2, 0) is 9.53 Å². The van der Waals surface area contributed by atoms with Crippen molar-refractivity contribution in [1.82, 2.24) is 0 Å². The molecule has 17 heavy (non-hydrogen) atoms. The largest absolute Gasteiger partial charge is 0.481 e. The van der Waals surface area contributed by atoms with E-state index in [0.29, 0.717) is 24.8 Å². The van der Waals surface area contributed by atoms with E-state index in [1.165, 1.54) is 0 Å². The number of benzene rings is 1. The van der Waals surface area contributed by atoms with Crippen molar-refractivity contribution in [3.8, 4) is 0 Å². The van der Waals surface area contributed by atoms with E-state index in [4.69, 9.17) is 9.84 Å². The molecule has 1 aliphatic rings. The van der Waals surface area contributed by atoms with E-state index < -0.39 is 5.97 Å². The van der Waals surface area contributed by atoms with Crippen LogP contribution in [0, 0.1) is 5.92 Å². The highest BCUT2D eigenvalue weighted by molar-refractivity contribution is 5.89. The third-order valence-electron chi connectivity index (χ3n) is 3.02. The third-order valence-corrected chi connectivity index (χ3v) is 3.02. The SMILES string of the molecule is O=C(O[C@@H]1CC[C@@H](C(=O)O)C1)c1ccccc1. The van der Waals surface area contributed by atoms with Crippen LogP contribution in [0.4, 0.5) is 0 Å². The van der Waals surface area contributed by atoms with Gasteiger partial charge in [-0.25, -0.2) is 4.79 Å². The maximum absolute atomic E-state index is 11.7. The van der Waals surface area contributed by atoms with Gasteiger partial charge in [-0.2, -0.15) is 0 Å². The number of carboxylic acids is 1. The van der Waals surface area contributed by atoms with Crippen molar-refractivity contribution in [2.75, 3.05) is 0 Å². The molecular weight excluding hydrogens is 220 g/mol. The van der Waals surface area contributed by atoms with Crippen molar-refractivity contribution in [3.63, 3.8) is 0 Å². The van der Waals surface area contributed by atoms with Crippen LogP contribution < -0.4 is 0 Å². The number of hydrogen-bond donors (Lipinski definition) is 1. The highest BCUT2D eigenvalue weighted by Gasteiger charge is 2.32. The van der Waals surface area contributed by atoms with Crippen molar-refractivity contribution in [3.05, 3.63) is 35.9 Å². The van der Waals surface area contributed by atoms with Crippen LogP contribution in [0.5, 0.6) is 0 Å². The Morgan fingerprint density at radius 2 is 1.88 bits per heavy atom. The number of hydrogen-bond acceptors (Lipinski definition) is 3. The van der Waals surface area contributed by atoms with Crippen LogP contribution in [0.15, 0.2) is 30.3 Å². The van der Waals surface area contributed by atoms with Gasteiger partial charge in [-0.3, -0.25) is 4.79 Å². The van der Waals surface area contributed by atoms with Crippen LogP contribution >= 0.6 is 0 Å². The Balaban J connectivity index is 1.91. The minimum Gasteiger partial charge on any atom is -0.481 e. The van der Waals surface area contributed by atoms with Crippen LogP contribution in [0.1, 0.15) is 29.6 Å². The summed E-state index contributed by atoms with van der Waals surface area (Å²) in [5.41, 5.74) is 0.506. The summed E-state index contributed by atoms with van der Waals surface area (Å²) in [6, 6.07) is 8.74. The summed E-state index contributed by atoms with van der Waals surface area (Å²) in [6.45, 7) is 0. The number of carbonyl (C=O) groups is 2. The van der Waals surface area contributed by atoms with E-state index in [9.17, 15) is 9.59 Å². The summed E-state index contributed by atoms with van der Waals surface area (Å²) in [5, 5.41) is 8.84. The molecule has 0 bridgehead atoms. The van der Waals surface area contributed by atoms with E-state index in [1.807, 2.05) is 6.07 Å². The first-order chi connectivity index (χ1) is 8.16. The second kappa shape index (κ2) is 4.99. The number of esters is 1. The Labute approximate surface area is 99.2 Å². The highest BCUT2D eigenvalue weighted by Crippen LogP contribution is 2.28. The fraction of sp³-hybridized carbons (Fsp3) is 0.385. The van der Waals surface area contributed by atoms with Gasteiger partial charge in [0.25, 0.3) is 0 Å². The Morgan fingerprint density at radius 3 is 2.47 bits per heavy atom. The number of carbonyl (C=O) groups excluding carboxylic acids is 1. The molecule has 1 saturated carbocycles. The average molecular weight is 234 g/mol. The van der Waals surface area contributed by atoms with Crippen molar-refractivity contribution < 1.29 is 19.4 Å². The van der Waals surface area contributed by atoms with E-state index >= 15 is 0 Å². The first-order valence-electron chi connectivity index (χ1n) is 5.65. The lowest BCUT2D eigenvalue weighted by molar-refractivity contribution is -0.141. The molecule has 0 aliphatic heterocycles. The zero-order chi connectivity index (χ0) is 12.3. The first kappa shape index (κ1) is 11.6. The fourth-order valence-electron chi connectivity index (χ4n) is 2.07. The van der Waals surface area contributed by atoms with Gasteiger partial charge in [0.05, 0.1) is 11.5 Å². The van der Waals surface area contributed by atoms with Crippen molar-refractivity contribution in [2.45, 2.75) is 25.4 Å². The van der Waals surface area contributed by atoms with E-state index in [2.05, 4.69) is 0 Å². The van der Waals surface area contributed by atoms with Gasteiger partial charge < -0.3 is 9.84 Å². The third kappa shape index (κ3) is 2.84. The Bertz CT molecular complexity index is 413. The average Bonchev–Trinajstić information content (AvgIpc) is 2.79. The Hall–Kier alpha value is -1.84. The number of rotatable bonds is 3. The minimum absolute atomic E-state index is 0.260. The summed E-state index contributed by atoms with van der Waals surface area (Å²) < 4.78 is 5.28. The zero-order valence-electron chi connectivity index (χ0n) is 9.33. The molecule has 4 heteroatoms. The summed E-state index contributed by atoms with van der Waals surface area (Å²) in [6.07, 6.45) is 1.38. The number of ether oxygens (including phenoxy) is 1. The van der Waals surface area contributed by atoms with Gasteiger partial charge in [0.1, 0.15) is 6.10 Å². The van der Waals surface area contributed by atoms with Gasteiger partial charge in [-0.05, 0) is 31.4 Å². The molecule has 1 aliphatic carbocycles. The second-order valence-corrected chi connectivity index (χ2v) is 4.24. The molecule has 0 aromatic heterocycles. The Morgan fingerprint density at radius 1 is 1.18 bits per heavy atom. The lowest BCUT2D eigenvalue weighted by Crippen LogP contribution is -2.17. The summed E-state index contributed by atoms with van der Waals surface area (Å²) >= 11 is 0. The topological polar surface area (TPSA) is 63.6 Å². The molecule has 0 radical (unpaired) electrons. The smallest absolute Gasteiger partial charge is 0.338 e. The number of carboxylic acid groups (broad SMARTS) is 1. The molecule has 1 aromatic carbocycles. The highest BCUT2D eigenvalue weighted by atomic mass is 16.5. The quantitative estimate of drug-likeness (QED) is 0.813. The Kier molecular flexibility index (Phi) is 3.42. The van der Waals surface area contributed by atoms with Crippen molar-refractivity contribution in [1.29, 1.82) is 0 Å². The van der Waals surface area contributed by atoms with Crippen LogP contribution in [0.25, 0.3) is 0 Å². The van der Waals surface area contributed by atoms with Gasteiger partial charge in [0.2, 0.25) is 0 Å². The van der Waals surface area contributed by atoms with Crippen LogP contribution in [0.3, 0.4) is 0 Å². The second-order valence-electron chi connectivity index (χ2n) is 4.24. The lowest BCUT2D eigenvalue weighted by Gasteiger charge is -2.11. The molecule has 0 unspecified atom stereocenters. The molecular formula is C13H14O4. The van der Waals surface area contributed by atoms with E-state index in [0.717, 1.165) is 0 Å². The normalized spacial score (nSPS) is 23.3. The first-order valence-corrected chi connectivity index (χ1v) is 5.65. The molecule has 1 aromatic rings. The van der Waals surface area contributed by atoms with Crippen molar-refractivity contribution in [2.24, 2.45) is 5.92 Å². The number of aliphatic carboxylic acids is 1. The predicted molar refractivity (Wildman–Crippen MR) is 60.6 cm³/mol. The van der Waals surface area contributed by atoms with E-state index in [1.54, 1.807) is 24.3 Å². The van der Waals surface area contributed by atoms with Crippen molar-refractivity contribution >= 4 is 11.9 Å². The molecule has 0 amide bonds. The zero-order valence-corrected chi connectivity index (χ0v) is 9.33. The van der Waals surface area contributed by atoms with Crippen LogP contribution in [0.2, 0.25) is 0 Å². The van der Waals surface area contributed by atoms with Gasteiger partial charge in [0.15, 0.2) is 0 Å². The predicted octanol–water partition coefficient (Wildman–Crippen LogP) is 2.10. The molecule has 2 atom stereocenters. The molecule has 1 fully saturated rings. The minimum atomic E-state index is -0.803. The standard InChI is InChI=1S/C13H14O4/c14-12(15)10-6-7-11(8-10)17-13(16)9-4-2-1-3-5-9/h1-5,10-11H,6-8H2,(H,14,15)/t10-,11-/m1/s1. The molecule has 0 heterocycles. The maximum Gasteiger partial charge on any atom is 0.338 e. The van der Waals surface area contributed by atoms with Gasteiger partial charge in [-0.15, -0.1) is 0 Å². The maximum atomic E-state index is 11.7. The summed E-state index contributed by atoms with van der Waals surface area (Å²) in [5.74, 6) is -1.55. The molecule has 0 spiro atoms. The monoisotopic (exact) mass is 234 g/mol. The molecule has 90 valence electrons. The summed E-state index contributed by atoms with van der Waals surface area (Å²) in [7, 11) is 0. The lowest BCUT2D eigenvalue weighted by atomic mass is 10.1. The molecule has 4 nitrogen and oxygen atoms in total. The molecule has 0 saturated heterocycles. The van der Waals surface area contributed by atoms with E-state index in [-0.39, 0.29) is 18.0 Å². The fourth-order valence-corrected chi connectivity index (χ4v) is 2.07. The summed E-state index contributed by atoms with van der Waals surface area (Å²) in [4.78, 5) is 22.5. The van der Waals surface area contributed by atoms with Crippen LogP contribution in [-0.4, -0.2) is 23.1 Å². The van der Waals surface area contributed by atoms with Gasteiger partial charge >= 0.3 is 11.9 Å². The molecule has 1 N–H and O–H groups in total.